The van der Waals surface area contributed by atoms with Gasteiger partial charge >= 0.3 is 0 Å². The van der Waals surface area contributed by atoms with Crippen molar-refractivity contribution in [2.75, 3.05) is 0 Å². The largest absolute Gasteiger partial charge is 0.192 e. The number of rotatable bonds is 5. The number of nitriles is 3. The third-order valence-electron chi connectivity index (χ3n) is 11.7. The van der Waals surface area contributed by atoms with Gasteiger partial charge < -0.3 is 0 Å². The first-order valence-corrected chi connectivity index (χ1v) is 20.0. The SMILES string of the molecule is C=CC1CCC(c2ccc(C#N)cc2)CC1.CC1CCc2cc(-c3ccc(C#N)c(P)c3)ccc2C1.CCC1CCC(c2ccc(C#N)cc2)CC1. The molecular weight excluding hydrogens is 650 g/mol. The van der Waals surface area contributed by atoms with Crippen molar-refractivity contribution < 1.29 is 0 Å². The maximum atomic E-state index is 9.00. The van der Waals surface area contributed by atoms with Crippen LogP contribution in [0.1, 0.15) is 129 Å². The van der Waals surface area contributed by atoms with Crippen LogP contribution in [0, 0.1) is 51.7 Å². The summed E-state index contributed by atoms with van der Waals surface area (Å²) >= 11 is 0. The molecule has 7 rings (SSSR count). The Morgan fingerprint density at radius 2 is 1.19 bits per heavy atom. The van der Waals surface area contributed by atoms with Crippen molar-refractivity contribution in [1.82, 2.24) is 0 Å². The zero-order valence-corrected chi connectivity index (χ0v) is 32.3. The fourth-order valence-corrected chi connectivity index (χ4v) is 8.55. The molecule has 0 amide bonds. The molecule has 0 aromatic heterocycles. The number of benzene rings is 4. The van der Waals surface area contributed by atoms with Gasteiger partial charge in [0.2, 0.25) is 0 Å². The van der Waals surface area contributed by atoms with Crippen molar-refractivity contribution in [2.45, 2.75) is 103 Å². The Balaban J connectivity index is 0.000000152. The smallest absolute Gasteiger partial charge is 0.0998 e. The van der Waals surface area contributed by atoms with Gasteiger partial charge in [0.1, 0.15) is 0 Å². The number of allylic oxidation sites excluding steroid dienone is 1. The van der Waals surface area contributed by atoms with Gasteiger partial charge in [-0.3, -0.25) is 0 Å². The van der Waals surface area contributed by atoms with Crippen LogP contribution in [-0.4, -0.2) is 0 Å². The third-order valence-corrected chi connectivity index (χ3v) is 12.2. The lowest BCUT2D eigenvalue weighted by Crippen LogP contribution is -2.12. The second kappa shape index (κ2) is 19.4. The van der Waals surface area contributed by atoms with Gasteiger partial charge in [0.25, 0.3) is 0 Å². The summed E-state index contributed by atoms with van der Waals surface area (Å²) < 4.78 is 0. The molecule has 266 valence electrons. The molecule has 52 heavy (non-hydrogen) atoms. The summed E-state index contributed by atoms with van der Waals surface area (Å²) in [6.07, 6.45) is 17.5. The molecule has 2 fully saturated rings. The Morgan fingerprint density at radius 3 is 1.69 bits per heavy atom. The molecule has 4 aromatic rings. The molecule has 3 nitrogen and oxygen atoms in total. The molecule has 2 saturated carbocycles. The van der Waals surface area contributed by atoms with Crippen LogP contribution >= 0.6 is 9.24 Å². The summed E-state index contributed by atoms with van der Waals surface area (Å²) in [6.45, 7) is 8.50. The lowest BCUT2D eigenvalue weighted by Gasteiger charge is -2.28. The molecule has 0 aliphatic heterocycles. The van der Waals surface area contributed by atoms with E-state index in [0.717, 1.165) is 45.7 Å². The second-order valence-electron chi connectivity index (χ2n) is 15.2. The maximum absolute atomic E-state index is 9.00. The van der Waals surface area contributed by atoms with Gasteiger partial charge in [-0.15, -0.1) is 15.8 Å². The number of aryl methyl sites for hydroxylation is 1. The molecule has 0 spiro atoms. The Bertz CT molecular complexity index is 1890. The van der Waals surface area contributed by atoms with E-state index in [1.165, 1.54) is 110 Å². The predicted molar refractivity (Wildman–Crippen MR) is 219 cm³/mol. The molecular formula is C48H54N3P. The van der Waals surface area contributed by atoms with Crippen LogP contribution in [-0.2, 0) is 12.8 Å². The van der Waals surface area contributed by atoms with Crippen LogP contribution in [0.15, 0.2) is 97.6 Å². The van der Waals surface area contributed by atoms with Crippen molar-refractivity contribution in [3.05, 3.63) is 137 Å². The summed E-state index contributed by atoms with van der Waals surface area (Å²) in [4.78, 5) is 0. The zero-order valence-electron chi connectivity index (χ0n) is 31.2. The van der Waals surface area contributed by atoms with E-state index in [0.29, 0.717) is 5.92 Å². The van der Waals surface area contributed by atoms with E-state index in [-0.39, 0.29) is 0 Å². The first-order valence-electron chi connectivity index (χ1n) is 19.4. The molecule has 0 N–H and O–H groups in total. The van der Waals surface area contributed by atoms with Gasteiger partial charge in [-0.05, 0) is 175 Å². The van der Waals surface area contributed by atoms with Crippen LogP contribution in [0.25, 0.3) is 11.1 Å². The second-order valence-corrected chi connectivity index (χ2v) is 15.8. The molecule has 0 bridgehead atoms. The highest BCUT2D eigenvalue weighted by atomic mass is 31.0. The standard InChI is InChI=1S/C18H18NP.C15H19N.C15H17N/c1-12-2-3-14-9-15(5-4-13(14)8-12)16-6-7-17(11-19)18(20)10-16;2*1-2-12-3-7-14(8-4-12)15-9-5-13(11-16)6-10-15/h4-7,9-10,12H,2-3,8,20H2,1H3;5-6,9-10,12,14H,2-4,7-8H2,1H3;2,5-6,9-10,12,14H,1,3-4,7-8H2. The Hall–Kier alpha value is -4.48. The molecule has 3 aliphatic rings. The number of fused-ring (bicyclic) bond motifs is 1. The highest BCUT2D eigenvalue weighted by Crippen LogP contribution is 2.38. The number of hydrogen-bond donors (Lipinski definition) is 0. The zero-order chi connectivity index (χ0) is 36.9. The van der Waals surface area contributed by atoms with Crippen LogP contribution in [0.2, 0.25) is 0 Å². The molecule has 2 atom stereocenters. The fraction of sp³-hybridized carbons (Fsp3) is 0.396. The van der Waals surface area contributed by atoms with Crippen LogP contribution in [0.4, 0.5) is 0 Å². The Labute approximate surface area is 315 Å². The molecule has 4 aromatic carbocycles. The van der Waals surface area contributed by atoms with Crippen molar-refractivity contribution in [3.8, 4) is 29.3 Å². The van der Waals surface area contributed by atoms with Gasteiger partial charge in [0.05, 0.1) is 34.9 Å². The van der Waals surface area contributed by atoms with Crippen molar-refractivity contribution in [1.29, 1.82) is 15.8 Å². The van der Waals surface area contributed by atoms with Gasteiger partial charge in [-0.25, -0.2) is 0 Å². The minimum Gasteiger partial charge on any atom is -0.192 e. The van der Waals surface area contributed by atoms with E-state index < -0.39 is 0 Å². The highest BCUT2D eigenvalue weighted by Gasteiger charge is 2.22. The average molecular weight is 704 g/mol. The topological polar surface area (TPSA) is 71.4 Å². The van der Waals surface area contributed by atoms with Gasteiger partial charge in [-0.1, -0.05) is 74.9 Å². The normalized spacial score (nSPS) is 22.0. The van der Waals surface area contributed by atoms with E-state index in [4.69, 9.17) is 15.8 Å². The summed E-state index contributed by atoms with van der Waals surface area (Å²) in [5.41, 5.74) is 10.5. The fourth-order valence-electron chi connectivity index (χ4n) is 8.21. The van der Waals surface area contributed by atoms with Crippen LogP contribution < -0.4 is 5.30 Å². The summed E-state index contributed by atoms with van der Waals surface area (Å²) in [5, 5.41) is 27.5. The quantitative estimate of drug-likeness (QED) is 0.153. The van der Waals surface area contributed by atoms with Gasteiger partial charge in [0.15, 0.2) is 0 Å². The Kier molecular flexibility index (Phi) is 14.4. The van der Waals surface area contributed by atoms with Crippen LogP contribution in [0.5, 0.6) is 0 Å². The third kappa shape index (κ3) is 10.5. The minimum absolute atomic E-state index is 0.684. The van der Waals surface area contributed by atoms with Crippen molar-refractivity contribution in [3.63, 3.8) is 0 Å². The first kappa shape index (κ1) is 38.7. The lowest BCUT2D eigenvalue weighted by molar-refractivity contribution is 0.319. The maximum Gasteiger partial charge on any atom is 0.0998 e. The molecule has 0 radical (unpaired) electrons. The minimum atomic E-state index is 0.684. The predicted octanol–water partition coefficient (Wildman–Crippen LogP) is 12.1. The Morgan fingerprint density at radius 1 is 0.654 bits per heavy atom. The monoisotopic (exact) mass is 703 g/mol. The highest BCUT2D eigenvalue weighted by molar-refractivity contribution is 7.27. The molecule has 0 saturated heterocycles. The molecule has 3 aliphatic carbocycles. The summed E-state index contributed by atoms with van der Waals surface area (Å²) in [7, 11) is 2.65. The average Bonchev–Trinajstić information content (AvgIpc) is 3.21. The van der Waals surface area contributed by atoms with E-state index in [1.54, 1.807) is 0 Å². The van der Waals surface area contributed by atoms with Crippen molar-refractivity contribution >= 4 is 14.5 Å². The summed E-state index contributed by atoms with van der Waals surface area (Å²) in [6, 6.07) is 35.6. The van der Waals surface area contributed by atoms with E-state index >= 15 is 0 Å². The van der Waals surface area contributed by atoms with E-state index in [2.05, 4.69) is 102 Å². The van der Waals surface area contributed by atoms with E-state index in [9.17, 15) is 0 Å². The lowest BCUT2D eigenvalue weighted by atomic mass is 9.78. The number of hydrogen-bond acceptors (Lipinski definition) is 3. The van der Waals surface area contributed by atoms with E-state index in [1.807, 2.05) is 36.4 Å². The molecule has 4 heteroatoms. The van der Waals surface area contributed by atoms with Gasteiger partial charge in [-0.2, -0.15) is 15.8 Å². The first-order chi connectivity index (χ1) is 25.3. The number of nitrogens with zero attached hydrogens (tertiary/aromatic N) is 3. The van der Waals surface area contributed by atoms with Gasteiger partial charge in [0, 0.05) is 0 Å². The van der Waals surface area contributed by atoms with Crippen molar-refractivity contribution in [2.24, 2.45) is 17.8 Å². The molecule has 2 unspecified atom stereocenters. The van der Waals surface area contributed by atoms with Crippen LogP contribution in [0.3, 0.4) is 0 Å². The molecule has 0 heterocycles. The summed E-state index contributed by atoms with van der Waals surface area (Å²) in [5.74, 6) is 3.89.